The summed E-state index contributed by atoms with van der Waals surface area (Å²) in [7, 11) is 1.75. The minimum absolute atomic E-state index is 0.143. The fourth-order valence-corrected chi connectivity index (χ4v) is 2.38. The van der Waals surface area contributed by atoms with Gasteiger partial charge in [0, 0.05) is 39.8 Å². The monoisotopic (exact) mass is 298 g/mol. The van der Waals surface area contributed by atoms with Crippen LogP contribution in [0.3, 0.4) is 0 Å². The van der Waals surface area contributed by atoms with E-state index < -0.39 is 0 Å². The Morgan fingerprint density at radius 3 is 2.70 bits per heavy atom. The minimum Gasteiger partial charge on any atom is -0.395 e. The Bertz CT molecular complexity index is 475. The molecule has 1 aromatic rings. The maximum absolute atomic E-state index is 12.4. The van der Waals surface area contributed by atoms with Gasteiger partial charge in [0.25, 0.3) is 5.91 Å². The van der Waals surface area contributed by atoms with Gasteiger partial charge in [-0.25, -0.2) is 4.98 Å². The number of aliphatic hydroxyl groups is 1. The lowest BCUT2D eigenvalue weighted by Crippen LogP contribution is -2.49. The average molecular weight is 299 g/mol. The predicted octanol–water partition coefficient (Wildman–Crippen LogP) is 0.527. The largest absolute Gasteiger partial charge is 0.395 e. The molecule has 0 aliphatic carbocycles. The molecule has 20 heavy (non-hydrogen) atoms. The van der Waals surface area contributed by atoms with Crippen molar-refractivity contribution in [2.75, 3.05) is 51.7 Å². The highest BCUT2D eigenvalue weighted by atomic mass is 35.5. The van der Waals surface area contributed by atoms with E-state index in [9.17, 15) is 4.79 Å². The molecule has 1 aromatic heterocycles. The fourth-order valence-electron chi connectivity index (χ4n) is 2.20. The molecule has 2 heterocycles. The van der Waals surface area contributed by atoms with Crippen molar-refractivity contribution in [1.82, 2.24) is 14.8 Å². The molecule has 0 spiro atoms. The van der Waals surface area contributed by atoms with Crippen molar-refractivity contribution in [3.63, 3.8) is 0 Å². The Labute approximate surface area is 123 Å². The number of pyridine rings is 1. The van der Waals surface area contributed by atoms with Gasteiger partial charge >= 0.3 is 0 Å². The number of carbonyl (C=O) groups is 1. The summed E-state index contributed by atoms with van der Waals surface area (Å²) in [5.74, 6) is 0.479. The number of amides is 1. The van der Waals surface area contributed by atoms with E-state index in [1.54, 1.807) is 24.1 Å². The first kappa shape index (κ1) is 15.0. The number of β-amino-alcohol motifs (C(OH)–C–C–N with tert-alkyl or cyclic N) is 1. The number of halogens is 1. The van der Waals surface area contributed by atoms with Gasteiger partial charge in [-0.15, -0.1) is 0 Å². The second kappa shape index (κ2) is 6.88. The molecule has 1 aliphatic rings. The number of hydrogen-bond donors (Lipinski definition) is 2. The van der Waals surface area contributed by atoms with Gasteiger partial charge in [-0.3, -0.25) is 9.69 Å². The van der Waals surface area contributed by atoms with E-state index in [1.807, 2.05) is 0 Å². The van der Waals surface area contributed by atoms with Crippen LogP contribution in [-0.2, 0) is 0 Å². The number of nitrogens with one attached hydrogen (secondary N) is 1. The van der Waals surface area contributed by atoms with E-state index in [0.717, 1.165) is 13.1 Å². The maximum Gasteiger partial charge on any atom is 0.274 e. The van der Waals surface area contributed by atoms with Crippen LogP contribution in [0.25, 0.3) is 0 Å². The first-order chi connectivity index (χ1) is 9.65. The van der Waals surface area contributed by atoms with Gasteiger partial charge in [-0.05, 0) is 12.1 Å². The van der Waals surface area contributed by atoms with E-state index in [2.05, 4.69) is 15.2 Å². The summed E-state index contributed by atoms with van der Waals surface area (Å²) >= 11 is 6.06. The van der Waals surface area contributed by atoms with Crippen LogP contribution in [0.15, 0.2) is 12.1 Å². The SMILES string of the molecule is CNc1ccc(Cl)c(C(=O)N2CCN(CCO)CC2)n1. The summed E-state index contributed by atoms with van der Waals surface area (Å²) in [6.07, 6.45) is 0. The molecule has 6 nitrogen and oxygen atoms in total. The zero-order valence-corrected chi connectivity index (χ0v) is 12.2. The fraction of sp³-hybridized carbons (Fsp3) is 0.538. The molecule has 1 fully saturated rings. The van der Waals surface area contributed by atoms with Crippen molar-refractivity contribution in [2.24, 2.45) is 0 Å². The van der Waals surface area contributed by atoms with Crippen LogP contribution in [0.1, 0.15) is 10.5 Å². The van der Waals surface area contributed by atoms with E-state index >= 15 is 0 Å². The molecule has 0 unspecified atom stereocenters. The molecular formula is C13H19ClN4O2. The second-order valence-corrected chi connectivity index (χ2v) is 5.04. The lowest BCUT2D eigenvalue weighted by molar-refractivity contribution is 0.0610. The Balaban J connectivity index is 2.05. The number of hydrogen-bond acceptors (Lipinski definition) is 5. The Morgan fingerprint density at radius 2 is 2.10 bits per heavy atom. The van der Waals surface area contributed by atoms with Crippen molar-refractivity contribution in [2.45, 2.75) is 0 Å². The molecule has 0 bridgehead atoms. The molecule has 0 aromatic carbocycles. The number of rotatable bonds is 4. The van der Waals surface area contributed by atoms with Crippen LogP contribution in [0.5, 0.6) is 0 Å². The van der Waals surface area contributed by atoms with E-state index in [4.69, 9.17) is 16.7 Å². The molecule has 0 atom stereocenters. The maximum atomic E-state index is 12.4. The van der Waals surface area contributed by atoms with Gasteiger partial charge in [0.15, 0.2) is 0 Å². The molecule has 110 valence electrons. The zero-order valence-electron chi connectivity index (χ0n) is 11.5. The smallest absolute Gasteiger partial charge is 0.274 e. The number of aromatic nitrogens is 1. The zero-order chi connectivity index (χ0) is 14.5. The molecular weight excluding hydrogens is 280 g/mol. The second-order valence-electron chi connectivity index (χ2n) is 4.63. The van der Waals surface area contributed by atoms with Gasteiger partial charge in [0.1, 0.15) is 11.5 Å². The third kappa shape index (κ3) is 3.39. The van der Waals surface area contributed by atoms with E-state index in [-0.39, 0.29) is 18.2 Å². The van der Waals surface area contributed by atoms with Crippen molar-refractivity contribution in [1.29, 1.82) is 0 Å². The van der Waals surface area contributed by atoms with Gasteiger partial charge < -0.3 is 15.3 Å². The molecule has 2 rings (SSSR count). The normalized spacial score (nSPS) is 16.2. The molecule has 1 saturated heterocycles. The first-order valence-corrected chi connectivity index (χ1v) is 7.00. The number of aliphatic hydroxyl groups excluding tert-OH is 1. The Morgan fingerprint density at radius 1 is 1.40 bits per heavy atom. The molecule has 7 heteroatoms. The molecule has 2 N–H and O–H groups in total. The van der Waals surface area contributed by atoms with Gasteiger partial charge in [-0.2, -0.15) is 0 Å². The number of nitrogens with zero attached hydrogens (tertiary/aromatic N) is 3. The number of carbonyl (C=O) groups excluding carboxylic acids is 1. The van der Waals surface area contributed by atoms with E-state index in [1.165, 1.54) is 0 Å². The third-order valence-electron chi connectivity index (χ3n) is 3.38. The van der Waals surface area contributed by atoms with Gasteiger partial charge in [0.2, 0.25) is 0 Å². The summed E-state index contributed by atoms with van der Waals surface area (Å²) in [4.78, 5) is 20.5. The summed E-state index contributed by atoms with van der Waals surface area (Å²) in [6, 6.07) is 3.41. The van der Waals surface area contributed by atoms with Crippen molar-refractivity contribution < 1.29 is 9.90 Å². The number of piperazine rings is 1. The predicted molar refractivity (Wildman–Crippen MR) is 78.2 cm³/mol. The Kier molecular flexibility index (Phi) is 5.17. The molecule has 0 saturated carbocycles. The average Bonchev–Trinajstić information content (AvgIpc) is 2.48. The van der Waals surface area contributed by atoms with Crippen molar-refractivity contribution >= 4 is 23.3 Å². The summed E-state index contributed by atoms with van der Waals surface area (Å²) in [6.45, 7) is 3.56. The first-order valence-electron chi connectivity index (χ1n) is 6.62. The summed E-state index contributed by atoms with van der Waals surface area (Å²) < 4.78 is 0. The van der Waals surface area contributed by atoms with Crippen LogP contribution < -0.4 is 5.32 Å². The summed E-state index contributed by atoms with van der Waals surface area (Å²) in [5, 5.41) is 12.2. The molecule has 1 amide bonds. The highest BCUT2D eigenvalue weighted by Crippen LogP contribution is 2.19. The van der Waals surface area contributed by atoms with Crippen LogP contribution in [0, 0.1) is 0 Å². The lowest BCUT2D eigenvalue weighted by Gasteiger charge is -2.34. The third-order valence-corrected chi connectivity index (χ3v) is 3.69. The lowest BCUT2D eigenvalue weighted by atomic mass is 10.2. The highest BCUT2D eigenvalue weighted by molar-refractivity contribution is 6.33. The van der Waals surface area contributed by atoms with Crippen LogP contribution in [-0.4, -0.2) is 72.2 Å². The van der Waals surface area contributed by atoms with Gasteiger partial charge in [-0.1, -0.05) is 11.6 Å². The summed E-state index contributed by atoms with van der Waals surface area (Å²) in [5.41, 5.74) is 0.286. The van der Waals surface area contributed by atoms with E-state index in [0.29, 0.717) is 30.5 Å². The van der Waals surface area contributed by atoms with Gasteiger partial charge in [0.05, 0.1) is 11.6 Å². The molecule has 0 radical (unpaired) electrons. The highest BCUT2D eigenvalue weighted by Gasteiger charge is 2.24. The molecule has 1 aliphatic heterocycles. The van der Waals surface area contributed by atoms with Crippen molar-refractivity contribution in [3.8, 4) is 0 Å². The van der Waals surface area contributed by atoms with Crippen LogP contribution >= 0.6 is 11.6 Å². The standard InChI is InChI=1S/C13H19ClN4O2/c1-15-11-3-2-10(14)12(16-11)13(20)18-6-4-17(5-7-18)8-9-19/h2-3,19H,4-9H2,1H3,(H,15,16). The topological polar surface area (TPSA) is 68.7 Å². The Hall–Kier alpha value is -1.37. The quantitative estimate of drug-likeness (QED) is 0.848. The van der Waals surface area contributed by atoms with Crippen LogP contribution in [0.4, 0.5) is 5.82 Å². The number of anilines is 1. The minimum atomic E-state index is -0.143. The van der Waals surface area contributed by atoms with Crippen molar-refractivity contribution in [3.05, 3.63) is 22.8 Å². The van der Waals surface area contributed by atoms with Crippen LogP contribution in [0.2, 0.25) is 5.02 Å².